The number of amides is 1. The van der Waals surface area contributed by atoms with E-state index in [9.17, 15) is 4.79 Å². The highest BCUT2D eigenvalue weighted by Gasteiger charge is 2.33. The molecular formula is C19H14BrN5OS. The van der Waals surface area contributed by atoms with Crippen molar-refractivity contribution in [3.05, 3.63) is 64.0 Å². The topological polar surface area (TPSA) is 72.7 Å². The fourth-order valence-corrected chi connectivity index (χ4v) is 5.02. The minimum atomic E-state index is -0.0333. The van der Waals surface area contributed by atoms with Crippen LogP contribution in [-0.2, 0) is 4.79 Å². The summed E-state index contributed by atoms with van der Waals surface area (Å²) < 4.78 is 3.83. The van der Waals surface area contributed by atoms with Crippen LogP contribution < -0.4 is 5.32 Å². The molecule has 5 rings (SSSR count). The zero-order chi connectivity index (χ0) is 18.5. The summed E-state index contributed by atoms with van der Waals surface area (Å²) in [6, 6.07) is 9.90. The summed E-state index contributed by atoms with van der Waals surface area (Å²) in [5.41, 5.74) is 3.92. The van der Waals surface area contributed by atoms with Gasteiger partial charge in [-0.15, -0.1) is 0 Å². The lowest BCUT2D eigenvalue weighted by molar-refractivity contribution is -0.116. The van der Waals surface area contributed by atoms with Gasteiger partial charge in [0.15, 0.2) is 0 Å². The number of nitrogens with zero attached hydrogens (tertiary/aromatic N) is 4. The van der Waals surface area contributed by atoms with E-state index < -0.39 is 0 Å². The van der Waals surface area contributed by atoms with Crippen molar-refractivity contribution in [3.8, 4) is 5.13 Å². The van der Waals surface area contributed by atoms with Crippen molar-refractivity contribution in [1.82, 2.24) is 19.7 Å². The number of anilines is 1. The molecule has 6 nitrogen and oxygen atoms in total. The van der Waals surface area contributed by atoms with Crippen LogP contribution >= 0.6 is 27.3 Å². The number of hydrogen-bond donors (Lipinski definition) is 1. The Bertz CT molecular complexity index is 1180. The van der Waals surface area contributed by atoms with Crippen LogP contribution in [0.4, 0.5) is 5.82 Å². The molecule has 4 heterocycles. The smallest absolute Gasteiger partial charge is 0.226 e. The van der Waals surface area contributed by atoms with E-state index in [1.165, 1.54) is 0 Å². The monoisotopic (exact) mass is 439 g/mol. The third kappa shape index (κ3) is 2.76. The molecule has 1 N–H and O–H groups in total. The Hall–Kier alpha value is -2.58. The molecule has 134 valence electrons. The van der Waals surface area contributed by atoms with Gasteiger partial charge in [-0.1, -0.05) is 27.3 Å². The number of halogens is 1. The second kappa shape index (κ2) is 6.24. The maximum absolute atomic E-state index is 12.4. The predicted octanol–water partition coefficient (Wildman–Crippen LogP) is 4.42. The lowest BCUT2D eigenvalue weighted by Crippen LogP contribution is -2.24. The van der Waals surface area contributed by atoms with Gasteiger partial charge >= 0.3 is 0 Å². The van der Waals surface area contributed by atoms with Crippen molar-refractivity contribution >= 4 is 49.2 Å². The molecule has 0 saturated heterocycles. The average molecular weight is 440 g/mol. The maximum atomic E-state index is 12.4. The summed E-state index contributed by atoms with van der Waals surface area (Å²) in [6.45, 7) is 1.98. The van der Waals surface area contributed by atoms with Gasteiger partial charge in [0.05, 0.1) is 15.9 Å². The lowest BCUT2D eigenvalue weighted by atomic mass is 9.86. The molecule has 8 heteroatoms. The molecule has 4 aromatic rings. The molecule has 1 aliphatic heterocycles. The van der Waals surface area contributed by atoms with Gasteiger partial charge in [0.25, 0.3) is 0 Å². The number of nitrogens with one attached hydrogen (secondary N) is 1. The van der Waals surface area contributed by atoms with Gasteiger partial charge in [-0.2, -0.15) is 9.78 Å². The molecular weight excluding hydrogens is 426 g/mol. The average Bonchev–Trinajstić information content (AvgIpc) is 3.22. The van der Waals surface area contributed by atoms with Crippen molar-refractivity contribution in [3.63, 3.8) is 0 Å². The van der Waals surface area contributed by atoms with Crippen molar-refractivity contribution < 1.29 is 4.79 Å². The molecule has 0 saturated carbocycles. The summed E-state index contributed by atoms with van der Waals surface area (Å²) in [4.78, 5) is 21.2. The van der Waals surface area contributed by atoms with Crippen LogP contribution in [0.1, 0.15) is 29.2 Å². The number of carbonyl (C=O) groups excluding carboxylic acids is 1. The quantitative estimate of drug-likeness (QED) is 0.501. The van der Waals surface area contributed by atoms with Crippen LogP contribution in [0.2, 0.25) is 0 Å². The van der Waals surface area contributed by atoms with Crippen LogP contribution in [-0.4, -0.2) is 25.7 Å². The molecule has 1 amide bonds. The highest BCUT2D eigenvalue weighted by atomic mass is 79.9. The number of aromatic nitrogens is 4. The van der Waals surface area contributed by atoms with E-state index in [0.29, 0.717) is 12.2 Å². The Morgan fingerprint density at radius 1 is 1.26 bits per heavy atom. The number of carbonyl (C=O) groups is 1. The number of hydrogen-bond acceptors (Lipinski definition) is 5. The third-order valence-electron chi connectivity index (χ3n) is 4.73. The van der Waals surface area contributed by atoms with E-state index >= 15 is 0 Å². The second-order valence-electron chi connectivity index (χ2n) is 6.45. The van der Waals surface area contributed by atoms with Gasteiger partial charge in [0.2, 0.25) is 11.0 Å². The predicted molar refractivity (Wildman–Crippen MR) is 109 cm³/mol. The second-order valence-corrected chi connectivity index (χ2v) is 8.38. The summed E-state index contributed by atoms with van der Waals surface area (Å²) in [6.07, 6.45) is 3.91. The van der Waals surface area contributed by atoms with Gasteiger partial charge in [-0.25, -0.2) is 4.98 Å². The molecule has 0 radical (unpaired) electrons. The fraction of sp³-hybridized carbons (Fsp3) is 0.158. The van der Waals surface area contributed by atoms with Gasteiger partial charge < -0.3 is 5.32 Å². The first kappa shape index (κ1) is 16.6. The largest absolute Gasteiger partial charge is 0.310 e. The Kier molecular flexibility index (Phi) is 3.84. The van der Waals surface area contributed by atoms with Crippen LogP contribution in [0.5, 0.6) is 0 Å². The number of rotatable bonds is 2. The van der Waals surface area contributed by atoms with Crippen molar-refractivity contribution in [2.24, 2.45) is 0 Å². The zero-order valence-corrected chi connectivity index (χ0v) is 16.7. The molecule has 0 bridgehead atoms. The molecule has 1 aromatic carbocycles. The van der Waals surface area contributed by atoms with Crippen molar-refractivity contribution in [2.45, 2.75) is 19.3 Å². The SMILES string of the molecule is Cc1nn(-c2nc3ccc(Br)cc3s2)c2c1[C@@H](c1ccncc1)CC(=O)N2. The van der Waals surface area contributed by atoms with Crippen LogP contribution in [0.25, 0.3) is 15.3 Å². The lowest BCUT2D eigenvalue weighted by Gasteiger charge is -2.23. The van der Waals surface area contributed by atoms with E-state index in [0.717, 1.165) is 36.6 Å². The molecule has 0 fully saturated rings. The van der Waals surface area contributed by atoms with Crippen LogP contribution in [0, 0.1) is 6.92 Å². The molecule has 1 aliphatic rings. The van der Waals surface area contributed by atoms with E-state index in [1.54, 1.807) is 28.4 Å². The standard InChI is InChI=1S/C19H14BrN5OS/c1-10-17-13(11-4-6-21-7-5-11)9-16(26)23-18(17)25(24-10)19-22-14-3-2-12(20)8-15(14)27-19/h2-8,13H,9H2,1H3,(H,23,26)/t13-/m1/s1. The zero-order valence-electron chi connectivity index (χ0n) is 14.3. The highest BCUT2D eigenvalue weighted by molar-refractivity contribution is 9.10. The molecule has 0 spiro atoms. The molecule has 27 heavy (non-hydrogen) atoms. The van der Waals surface area contributed by atoms with Gasteiger partial charge in [0.1, 0.15) is 5.82 Å². The van der Waals surface area contributed by atoms with E-state index in [-0.39, 0.29) is 11.8 Å². The van der Waals surface area contributed by atoms with Gasteiger partial charge in [0, 0.05) is 34.8 Å². The van der Waals surface area contributed by atoms with E-state index in [4.69, 9.17) is 10.1 Å². The number of aryl methyl sites for hydroxylation is 1. The van der Waals surface area contributed by atoms with Gasteiger partial charge in [-0.3, -0.25) is 9.78 Å². The molecule has 3 aromatic heterocycles. The van der Waals surface area contributed by atoms with Gasteiger partial charge in [-0.05, 0) is 42.8 Å². The minimum absolute atomic E-state index is 0.0192. The highest BCUT2D eigenvalue weighted by Crippen LogP contribution is 2.41. The Balaban J connectivity index is 1.68. The van der Waals surface area contributed by atoms with E-state index in [1.807, 2.05) is 37.3 Å². The molecule has 1 atom stereocenters. The van der Waals surface area contributed by atoms with E-state index in [2.05, 4.69) is 26.2 Å². The number of fused-ring (bicyclic) bond motifs is 2. The Labute approximate surface area is 167 Å². The molecule has 0 unspecified atom stereocenters. The van der Waals surface area contributed by atoms with Crippen molar-refractivity contribution in [1.29, 1.82) is 0 Å². The molecule has 0 aliphatic carbocycles. The minimum Gasteiger partial charge on any atom is -0.310 e. The Morgan fingerprint density at radius 2 is 2.07 bits per heavy atom. The summed E-state index contributed by atoms with van der Waals surface area (Å²) in [5.74, 6) is 0.659. The summed E-state index contributed by atoms with van der Waals surface area (Å²) in [5, 5.41) is 8.46. The summed E-state index contributed by atoms with van der Waals surface area (Å²) in [7, 11) is 0. The van der Waals surface area contributed by atoms with Crippen LogP contribution in [0.3, 0.4) is 0 Å². The first-order valence-corrected chi connectivity index (χ1v) is 10.1. The number of pyridine rings is 1. The first-order valence-electron chi connectivity index (χ1n) is 8.46. The number of benzene rings is 1. The maximum Gasteiger partial charge on any atom is 0.226 e. The van der Waals surface area contributed by atoms with Crippen LogP contribution in [0.15, 0.2) is 47.2 Å². The normalized spacial score (nSPS) is 16.4. The van der Waals surface area contributed by atoms with Crippen molar-refractivity contribution in [2.75, 3.05) is 5.32 Å². The third-order valence-corrected chi connectivity index (χ3v) is 6.22. The first-order chi connectivity index (χ1) is 13.1. The fourth-order valence-electron chi connectivity index (χ4n) is 3.54. The number of thiazole rings is 1. The Morgan fingerprint density at radius 3 is 2.89 bits per heavy atom. The summed E-state index contributed by atoms with van der Waals surface area (Å²) >= 11 is 5.05.